The number of hydrogen-bond donors (Lipinski definition) is 0. The molecular weight excluding hydrogens is 997 g/mol. The molecule has 0 amide bonds. The Morgan fingerprint density at radius 2 is 0.481 bits per heavy atom. The number of carbonyl (C=O) groups excluding carboxylic acids is 3. The van der Waals surface area contributed by atoms with Gasteiger partial charge in [-0.3, -0.25) is 14.4 Å². The molecule has 1 atom stereocenters. The molecule has 0 fully saturated rings. The van der Waals surface area contributed by atoms with E-state index in [0.29, 0.717) is 19.3 Å². The number of allylic oxidation sites excluding steroid dienone is 18. The van der Waals surface area contributed by atoms with E-state index in [9.17, 15) is 14.4 Å². The highest BCUT2D eigenvalue weighted by Crippen LogP contribution is 2.17. The van der Waals surface area contributed by atoms with E-state index in [2.05, 4.69) is 130 Å². The van der Waals surface area contributed by atoms with Gasteiger partial charge in [-0.2, -0.15) is 0 Å². The van der Waals surface area contributed by atoms with Gasteiger partial charge in [0.25, 0.3) is 0 Å². The highest BCUT2D eigenvalue weighted by molar-refractivity contribution is 5.71. The van der Waals surface area contributed by atoms with Crippen molar-refractivity contribution in [3.05, 3.63) is 109 Å². The lowest BCUT2D eigenvalue weighted by molar-refractivity contribution is -0.167. The Labute approximate surface area is 501 Å². The van der Waals surface area contributed by atoms with Crippen LogP contribution >= 0.6 is 0 Å². The molecule has 0 aromatic carbocycles. The van der Waals surface area contributed by atoms with Crippen molar-refractivity contribution < 1.29 is 28.6 Å². The second kappa shape index (κ2) is 68.6. The first-order valence-corrected chi connectivity index (χ1v) is 34.4. The fourth-order valence-electron chi connectivity index (χ4n) is 9.63. The summed E-state index contributed by atoms with van der Waals surface area (Å²) in [5.41, 5.74) is 0. The smallest absolute Gasteiger partial charge is 0.306 e. The van der Waals surface area contributed by atoms with Crippen LogP contribution in [0.1, 0.15) is 329 Å². The zero-order chi connectivity index (χ0) is 58.5. The van der Waals surface area contributed by atoms with Crippen LogP contribution in [-0.4, -0.2) is 37.2 Å². The topological polar surface area (TPSA) is 78.9 Å². The molecule has 0 aliphatic carbocycles. The maximum atomic E-state index is 12.9. The highest BCUT2D eigenvalue weighted by atomic mass is 16.6. The average Bonchev–Trinajstić information content (AvgIpc) is 3.46. The van der Waals surface area contributed by atoms with Crippen molar-refractivity contribution in [3.63, 3.8) is 0 Å². The van der Waals surface area contributed by atoms with Gasteiger partial charge in [-0.15, -0.1) is 0 Å². The van der Waals surface area contributed by atoms with Gasteiger partial charge in [0.05, 0.1) is 0 Å². The van der Waals surface area contributed by atoms with E-state index in [1.54, 1.807) is 0 Å². The van der Waals surface area contributed by atoms with Crippen molar-refractivity contribution in [2.45, 2.75) is 335 Å². The van der Waals surface area contributed by atoms with Gasteiger partial charge in [0.15, 0.2) is 6.10 Å². The van der Waals surface area contributed by atoms with Gasteiger partial charge in [-0.05, 0) is 109 Å². The van der Waals surface area contributed by atoms with Crippen LogP contribution in [0.25, 0.3) is 0 Å². The maximum absolute atomic E-state index is 12.9. The number of unbranched alkanes of at least 4 members (excludes halogenated alkanes) is 33. The second-order valence-electron chi connectivity index (χ2n) is 22.7. The van der Waals surface area contributed by atoms with E-state index in [1.807, 2.05) is 0 Å². The highest BCUT2D eigenvalue weighted by Gasteiger charge is 2.19. The molecule has 0 aromatic rings. The normalized spacial score (nSPS) is 12.8. The molecular formula is C75H128O6. The van der Waals surface area contributed by atoms with Gasteiger partial charge in [0.2, 0.25) is 0 Å². The van der Waals surface area contributed by atoms with Crippen LogP contribution in [0.5, 0.6) is 0 Å². The lowest BCUT2D eigenvalue weighted by Gasteiger charge is -2.18. The molecule has 0 aliphatic rings. The number of ether oxygens (including phenoxy) is 3. The van der Waals surface area contributed by atoms with Crippen LogP contribution in [0.4, 0.5) is 0 Å². The van der Waals surface area contributed by atoms with E-state index >= 15 is 0 Å². The van der Waals surface area contributed by atoms with Crippen LogP contribution in [0.15, 0.2) is 109 Å². The van der Waals surface area contributed by atoms with E-state index in [1.165, 1.54) is 167 Å². The monoisotopic (exact) mass is 1120 g/mol. The first-order valence-electron chi connectivity index (χ1n) is 34.4. The van der Waals surface area contributed by atoms with Crippen LogP contribution in [0, 0.1) is 0 Å². The lowest BCUT2D eigenvalue weighted by Crippen LogP contribution is -2.30. The van der Waals surface area contributed by atoms with Crippen molar-refractivity contribution in [3.8, 4) is 0 Å². The lowest BCUT2D eigenvalue weighted by atomic mass is 10.0. The molecule has 0 heterocycles. The number of esters is 3. The fraction of sp³-hybridized carbons (Fsp3) is 0.720. The zero-order valence-electron chi connectivity index (χ0n) is 53.3. The molecule has 0 radical (unpaired) electrons. The zero-order valence-corrected chi connectivity index (χ0v) is 53.3. The summed E-state index contributed by atoms with van der Waals surface area (Å²) in [7, 11) is 0. The molecule has 0 aromatic heterocycles. The van der Waals surface area contributed by atoms with E-state index in [-0.39, 0.29) is 31.1 Å². The van der Waals surface area contributed by atoms with Gasteiger partial charge in [-0.25, -0.2) is 0 Å². The van der Waals surface area contributed by atoms with E-state index in [4.69, 9.17) is 14.2 Å². The summed E-state index contributed by atoms with van der Waals surface area (Å²) < 4.78 is 16.8. The largest absolute Gasteiger partial charge is 0.462 e. The SMILES string of the molecule is CC/C=C\C/C=C\C/C=C\C/C=C\C/C=C\C/C=C\CCCCCCC(=O)OC(COC(=O)CCCCCCCCC)COC(=O)CCCCCCCCCCCCCCCCCCCC/C=C\C/C=C\C/C=C\CCCCCCC. The predicted octanol–water partition coefficient (Wildman–Crippen LogP) is 23.8. The summed E-state index contributed by atoms with van der Waals surface area (Å²) in [4.78, 5) is 38.1. The summed E-state index contributed by atoms with van der Waals surface area (Å²) in [6.45, 7) is 6.47. The third-order valence-corrected chi connectivity index (χ3v) is 14.8. The Hall–Kier alpha value is -3.93. The Morgan fingerprint density at radius 1 is 0.259 bits per heavy atom. The molecule has 0 rings (SSSR count). The summed E-state index contributed by atoms with van der Waals surface area (Å²) in [5, 5.41) is 0. The number of carbonyl (C=O) groups is 3. The number of rotatable bonds is 62. The predicted molar refractivity (Wildman–Crippen MR) is 353 cm³/mol. The minimum absolute atomic E-state index is 0.0865. The summed E-state index contributed by atoms with van der Waals surface area (Å²) in [6.07, 6.45) is 94.3. The van der Waals surface area contributed by atoms with E-state index < -0.39 is 6.10 Å². The minimum atomic E-state index is -0.790. The first-order chi connectivity index (χ1) is 40.0. The average molecular weight is 1130 g/mol. The van der Waals surface area contributed by atoms with Gasteiger partial charge in [0, 0.05) is 19.3 Å². The molecule has 1 unspecified atom stereocenters. The van der Waals surface area contributed by atoms with Crippen molar-refractivity contribution >= 4 is 17.9 Å². The molecule has 0 saturated carbocycles. The standard InChI is InChI=1S/C75H128O6/c1-4-7-10-13-16-18-20-22-24-26-28-30-32-33-34-35-36-37-38-39-40-41-43-44-46-48-50-52-54-56-59-62-65-68-74(77)80-71-72(70-79-73(76)67-64-61-58-15-12-9-6-3)81-75(78)69-66-63-60-57-55-53-51-49-47-45-42-31-29-27-25-23-21-19-17-14-11-8-5-2/h8,11,17,19-20,22-23,25-26,28-29,31-33,45,47,51,53,72H,4-7,9-10,12-16,18,21,24,27,30,34-44,46,48-50,52,54-71H2,1-3H3/b11-8-,19-17-,22-20-,25-23-,28-26-,31-29-,33-32-,47-45-,53-51-. The second-order valence-corrected chi connectivity index (χ2v) is 22.7. The molecule has 0 aliphatic heterocycles. The molecule has 0 spiro atoms. The van der Waals surface area contributed by atoms with Crippen molar-refractivity contribution in [2.75, 3.05) is 13.2 Å². The third kappa shape index (κ3) is 66.8. The minimum Gasteiger partial charge on any atom is -0.462 e. The van der Waals surface area contributed by atoms with E-state index in [0.717, 1.165) is 122 Å². The summed E-state index contributed by atoms with van der Waals surface area (Å²) in [6, 6.07) is 0. The number of hydrogen-bond acceptors (Lipinski definition) is 6. The molecule has 6 nitrogen and oxygen atoms in total. The van der Waals surface area contributed by atoms with Gasteiger partial charge >= 0.3 is 17.9 Å². The van der Waals surface area contributed by atoms with Gasteiger partial charge < -0.3 is 14.2 Å². The van der Waals surface area contributed by atoms with Gasteiger partial charge in [0.1, 0.15) is 13.2 Å². The Balaban J connectivity index is 4.09. The summed E-state index contributed by atoms with van der Waals surface area (Å²) >= 11 is 0. The van der Waals surface area contributed by atoms with Crippen molar-refractivity contribution in [1.82, 2.24) is 0 Å². The van der Waals surface area contributed by atoms with Crippen molar-refractivity contribution in [2.24, 2.45) is 0 Å². The Kier molecular flexibility index (Phi) is 65.2. The molecule has 0 saturated heterocycles. The molecule has 0 bridgehead atoms. The first kappa shape index (κ1) is 77.1. The fourth-order valence-corrected chi connectivity index (χ4v) is 9.63. The Bertz CT molecular complexity index is 1620. The van der Waals surface area contributed by atoms with Crippen LogP contribution < -0.4 is 0 Å². The van der Waals surface area contributed by atoms with Gasteiger partial charge in [-0.1, -0.05) is 310 Å². The third-order valence-electron chi connectivity index (χ3n) is 14.8. The Morgan fingerprint density at radius 3 is 0.753 bits per heavy atom. The maximum Gasteiger partial charge on any atom is 0.306 e. The van der Waals surface area contributed by atoms with Crippen molar-refractivity contribution in [1.29, 1.82) is 0 Å². The van der Waals surface area contributed by atoms with Crippen LogP contribution in [0.3, 0.4) is 0 Å². The molecule has 81 heavy (non-hydrogen) atoms. The molecule has 0 N–H and O–H groups in total. The quantitative estimate of drug-likeness (QED) is 0.0261. The van der Waals surface area contributed by atoms with Crippen LogP contribution in [-0.2, 0) is 28.6 Å². The molecule has 464 valence electrons. The summed E-state index contributed by atoms with van der Waals surface area (Å²) in [5.74, 6) is -0.909. The molecule has 6 heteroatoms. The van der Waals surface area contributed by atoms with Crippen LogP contribution in [0.2, 0.25) is 0 Å².